The van der Waals surface area contributed by atoms with Crippen molar-refractivity contribution in [2.45, 2.75) is 33.2 Å². The first-order valence-corrected chi connectivity index (χ1v) is 7.59. The molecule has 21 heavy (non-hydrogen) atoms. The topological polar surface area (TPSA) is 105 Å². The molecule has 5 N–H and O–H groups in total. The molecule has 0 aromatic carbocycles. The fraction of sp³-hybridized carbons (Fsp3) is 0.462. The molecule has 1 amide bonds. The van der Waals surface area contributed by atoms with E-state index in [0.29, 0.717) is 24.7 Å². The first kappa shape index (κ1) is 15.5. The fourth-order valence-corrected chi connectivity index (χ4v) is 2.81. The summed E-state index contributed by atoms with van der Waals surface area (Å²) < 4.78 is 0. The molecule has 2 aromatic heterocycles. The van der Waals surface area contributed by atoms with Crippen molar-refractivity contribution in [1.82, 2.24) is 15.3 Å². The molecule has 114 valence electrons. The normalized spacial score (nSPS) is 10.9. The number of hydrazine groups is 1. The molecule has 2 rings (SSSR count). The monoisotopic (exact) mass is 308 g/mol. The second-order valence-electron chi connectivity index (χ2n) is 5.02. The van der Waals surface area contributed by atoms with Crippen LogP contribution in [0.5, 0.6) is 0 Å². The summed E-state index contributed by atoms with van der Waals surface area (Å²) in [6.07, 6.45) is 0.387. The van der Waals surface area contributed by atoms with Gasteiger partial charge in [-0.2, -0.15) is 4.98 Å². The Hall–Kier alpha value is -1.93. The maximum atomic E-state index is 11.6. The Morgan fingerprint density at radius 3 is 2.86 bits per heavy atom. The second kappa shape index (κ2) is 6.68. The number of amides is 1. The smallest absolute Gasteiger partial charge is 0.240 e. The molecule has 0 radical (unpaired) electrons. The van der Waals surface area contributed by atoms with Crippen LogP contribution in [0.1, 0.15) is 25.1 Å². The number of nitrogens with two attached hydrogens (primary N) is 1. The second-order valence-corrected chi connectivity index (χ2v) is 6.25. The minimum atomic E-state index is 0.0153. The Balaban J connectivity index is 2.08. The van der Waals surface area contributed by atoms with Gasteiger partial charge in [-0.05, 0) is 26.8 Å². The first-order valence-electron chi connectivity index (χ1n) is 6.77. The Kier molecular flexibility index (Phi) is 4.92. The predicted molar refractivity (Wildman–Crippen MR) is 86.3 cm³/mol. The van der Waals surface area contributed by atoms with Gasteiger partial charge in [-0.1, -0.05) is 0 Å². The lowest BCUT2D eigenvalue weighted by Gasteiger charge is -2.10. The zero-order valence-electron chi connectivity index (χ0n) is 12.4. The van der Waals surface area contributed by atoms with Crippen LogP contribution in [-0.4, -0.2) is 28.5 Å². The van der Waals surface area contributed by atoms with Crippen molar-refractivity contribution in [3.63, 3.8) is 0 Å². The Morgan fingerprint density at radius 2 is 2.19 bits per heavy atom. The number of aromatic nitrogens is 2. The van der Waals surface area contributed by atoms with E-state index in [1.165, 1.54) is 0 Å². The fourth-order valence-electron chi connectivity index (χ4n) is 1.93. The Labute approximate surface area is 127 Å². The maximum Gasteiger partial charge on any atom is 0.240 e. The van der Waals surface area contributed by atoms with Crippen LogP contribution in [0.2, 0.25) is 0 Å². The number of anilines is 2. The number of carbonyl (C=O) groups is 1. The van der Waals surface area contributed by atoms with Gasteiger partial charge in [-0.25, -0.2) is 10.8 Å². The summed E-state index contributed by atoms with van der Waals surface area (Å²) in [5.41, 5.74) is 2.46. The van der Waals surface area contributed by atoms with Crippen LogP contribution in [0.4, 0.5) is 11.8 Å². The van der Waals surface area contributed by atoms with Crippen molar-refractivity contribution >= 4 is 39.2 Å². The molecule has 7 nitrogen and oxygen atoms in total. The molecule has 0 unspecified atom stereocenters. The third-order valence-corrected chi connectivity index (χ3v) is 3.68. The number of hydrogen-bond donors (Lipinski definition) is 4. The number of nitrogen functional groups attached to an aromatic ring is 1. The molecule has 0 saturated carbocycles. The summed E-state index contributed by atoms with van der Waals surface area (Å²) in [6, 6.07) is 2.17. The summed E-state index contributed by atoms with van der Waals surface area (Å²) in [5.74, 6) is 6.45. The molecule has 0 atom stereocenters. The number of rotatable bonds is 6. The molecule has 0 aliphatic heterocycles. The summed E-state index contributed by atoms with van der Waals surface area (Å²) in [5, 5.41) is 6.98. The van der Waals surface area contributed by atoms with Gasteiger partial charge in [0.15, 0.2) is 0 Å². The maximum absolute atomic E-state index is 11.6. The highest BCUT2D eigenvalue weighted by atomic mass is 32.1. The van der Waals surface area contributed by atoms with Crippen molar-refractivity contribution in [1.29, 1.82) is 0 Å². The number of nitrogens with one attached hydrogen (secondary N) is 3. The van der Waals surface area contributed by atoms with Gasteiger partial charge >= 0.3 is 0 Å². The van der Waals surface area contributed by atoms with E-state index in [1.807, 2.05) is 26.8 Å². The van der Waals surface area contributed by atoms with Gasteiger partial charge in [0.2, 0.25) is 11.9 Å². The molecule has 2 heterocycles. The van der Waals surface area contributed by atoms with E-state index < -0.39 is 0 Å². The Bertz CT molecular complexity index is 639. The van der Waals surface area contributed by atoms with Crippen molar-refractivity contribution in [2.24, 2.45) is 5.84 Å². The number of nitrogens with zero attached hydrogens (tertiary/aromatic N) is 2. The highest BCUT2D eigenvalue weighted by Gasteiger charge is 2.10. The highest BCUT2D eigenvalue weighted by molar-refractivity contribution is 7.18. The lowest BCUT2D eigenvalue weighted by Crippen LogP contribution is -2.31. The number of carbonyl (C=O) groups excluding carboxylic acids is 1. The molecular weight excluding hydrogens is 288 g/mol. The molecule has 8 heteroatoms. The van der Waals surface area contributed by atoms with Gasteiger partial charge < -0.3 is 10.6 Å². The average Bonchev–Trinajstić information content (AvgIpc) is 2.78. The summed E-state index contributed by atoms with van der Waals surface area (Å²) in [6.45, 7) is 6.39. The van der Waals surface area contributed by atoms with Gasteiger partial charge in [-0.15, -0.1) is 11.3 Å². The minimum Gasteiger partial charge on any atom is -0.369 e. The molecule has 0 aliphatic rings. The van der Waals surface area contributed by atoms with Crippen molar-refractivity contribution in [3.05, 3.63) is 10.9 Å². The van der Waals surface area contributed by atoms with Crippen LogP contribution >= 0.6 is 11.3 Å². The van der Waals surface area contributed by atoms with Gasteiger partial charge in [0.1, 0.15) is 10.6 Å². The van der Waals surface area contributed by atoms with Crippen molar-refractivity contribution in [2.75, 3.05) is 17.3 Å². The molecule has 0 aliphatic carbocycles. The van der Waals surface area contributed by atoms with Crippen molar-refractivity contribution < 1.29 is 4.79 Å². The average molecular weight is 308 g/mol. The highest BCUT2D eigenvalue weighted by Crippen LogP contribution is 2.29. The molecule has 2 aromatic rings. The number of fused-ring (bicyclic) bond motifs is 1. The van der Waals surface area contributed by atoms with E-state index in [4.69, 9.17) is 5.84 Å². The number of aryl methyl sites for hydroxylation is 1. The predicted octanol–water partition coefficient (Wildman–Crippen LogP) is 1.61. The van der Waals surface area contributed by atoms with Crippen LogP contribution in [0.25, 0.3) is 10.2 Å². The van der Waals surface area contributed by atoms with E-state index in [1.54, 1.807) is 11.3 Å². The van der Waals surface area contributed by atoms with Crippen LogP contribution in [0.3, 0.4) is 0 Å². The standard InChI is InChI=1S/C13H20N6OS/c1-7(2)16-10(20)4-5-15-11-9-6-8(3)21-12(9)18-13(17-11)19-14/h6-7H,4-5,14H2,1-3H3,(H,16,20)(H2,15,17,18,19). The van der Waals surface area contributed by atoms with Gasteiger partial charge in [-0.3, -0.25) is 10.2 Å². The van der Waals surface area contributed by atoms with E-state index in [9.17, 15) is 4.79 Å². The molecule has 0 bridgehead atoms. The van der Waals surface area contributed by atoms with E-state index >= 15 is 0 Å². The largest absolute Gasteiger partial charge is 0.369 e. The number of thiophene rings is 1. The Morgan fingerprint density at radius 1 is 1.43 bits per heavy atom. The molecule has 0 saturated heterocycles. The summed E-state index contributed by atoms with van der Waals surface area (Å²) >= 11 is 1.58. The first-order chi connectivity index (χ1) is 9.99. The van der Waals surface area contributed by atoms with Gasteiger partial charge in [0.05, 0.1) is 5.39 Å². The van der Waals surface area contributed by atoms with E-state index in [-0.39, 0.29) is 11.9 Å². The lowest BCUT2D eigenvalue weighted by atomic mass is 10.3. The molecule has 0 spiro atoms. The SMILES string of the molecule is Cc1cc2c(NCCC(=O)NC(C)C)nc(NN)nc2s1. The zero-order chi connectivity index (χ0) is 15.4. The van der Waals surface area contributed by atoms with Gasteiger partial charge in [0.25, 0.3) is 0 Å². The number of hydrogen-bond acceptors (Lipinski definition) is 7. The lowest BCUT2D eigenvalue weighted by molar-refractivity contribution is -0.121. The van der Waals surface area contributed by atoms with Crippen LogP contribution in [0, 0.1) is 6.92 Å². The van der Waals surface area contributed by atoms with Crippen LogP contribution in [0.15, 0.2) is 6.07 Å². The quantitative estimate of drug-likeness (QED) is 0.477. The van der Waals surface area contributed by atoms with Crippen molar-refractivity contribution in [3.8, 4) is 0 Å². The van der Waals surface area contributed by atoms with E-state index in [0.717, 1.165) is 15.1 Å². The minimum absolute atomic E-state index is 0.0153. The third kappa shape index (κ3) is 4.02. The molecular formula is C13H20N6OS. The summed E-state index contributed by atoms with van der Waals surface area (Å²) in [7, 11) is 0. The van der Waals surface area contributed by atoms with Crippen LogP contribution < -0.4 is 21.9 Å². The molecule has 0 fully saturated rings. The van der Waals surface area contributed by atoms with Gasteiger partial charge in [0, 0.05) is 23.9 Å². The van der Waals surface area contributed by atoms with E-state index in [2.05, 4.69) is 26.0 Å². The zero-order valence-corrected chi connectivity index (χ0v) is 13.2. The summed E-state index contributed by atoms with van der Waals surface area (Å²) in [4.78, 5) is 22.2. The van der Waals surface area contributed by atoms with Crippen LogP contribution in [-0.2, 0) is 4.79 Å². The third-order valence-electron chi connectivity index (χ3n) is 2.74.